The van der Waals surface area contributed by atoms with E-state index >= 15 is 0 Å². The summed E-state index contributed by atoms with van der Waals surface area (Å²) in [4.78, 5) is 22.5. The Kier molecular flexibility index (Phi) is 4.15. The fraction of sp³-hybridized carbons (Fsp3) is 0.429. The van der Waals surface area contributed by atoms with Gasteiger partial charge in [-0.3, -0.25) is 9.59 Å². The number of carboxylic acids is 1. The van der Waals surface area contributed by atoms with E-state index in [2.05, 4.69) is 4.72 Å². The molecule has 2 N–H and O–H groups in total. The highest BCUT2D eigenvalue weighted by atomic mass is 32.2. The van der Waals surface area contributed by atoms with E-state index in [-0.39, 0.29) is 23.5 Å². The van der Waals surface area contributed by atoms with Crippen LogP contribution in [0.1, 0.15) is 43.0 Å². The van der Waals surface area contributed by atoms with Crippen molar-refractivity contribution in [2.45, 2.75) is 43.0 Å². The normalized spacial score (nSPS) is 17.6. The molecule has 0 aliphatic heterocycles. The summed E-state index contributed by atoms with van der Waals surface area (Å²) in [5, 5.41) is 9.32. The van der Waals surface area contributed by atoms with Crippen LogP contribution in [0.2, 0.25) is 0 Å². The monoisotopic (exact) mass is 311 g/mol. The molecule has 7 heteroatoms. The number of sulfonamides is 1. The molecule has 0 atom stereocenters. The molecule has 0 bridgehead atoms. The van der Waals surface area contributed by atoms with E-state index in [0.717, 1.165) is 0 Å². The summed E-state index contributed by atoms with van der Waals surface area (Å²) in [7, 11) is -3.93. The van der Waals surface area contributed by atoms with Crippen molar-refractivity contribution in [3.8, 4) is 0 Å². The van der Waals surface area contributed by atoms with Crippen LogP contribution in [0.15, 0.2) is 29.2 Å². The largest absolute Gasteiger partial charge is 0.480 e. The summed E-state index contributed by atoms with van der Waals surface area (Å²) < 4.78 is 27.0. The van der Waals surface area contributed by atoms with Crippen molar-refractivity contribution >= 4 is 21.8 Å². The van der Waals surface area contributed by atoms with Crippen molar-refractivity contribution < 1.29 is 23.1 Å². The van der Waals surface area contributed by atoms with Gasteiger partial charge in [0.1, 0.15) is 5.54 Å². The molecule has 1 fully saturated rings. The molecule has 0 unspecified atom stereocenters. The maximum absolute atomic E-state index is 12.3. The molecule has 0 heterocycles. The molecule has 0 aromatic heterocycles. The van der Waals surface area contributed by atoms with E-state index in [1.165, 1.54) is 31.2 Å². The van der Waals surface area contributed by atoms with Crippen molar-refractivity contribution in [2.75, 3.05) is 0 Å². The minimum Gasteiger partial charge on any atom is -0.480 e. The SMILES string of the molecule is CC(=O)c1ccc(S(=O)(=O)NC2(C(=O)O)CCCC2)cc1. The summed E-state index contributed by atoms with van der Waals surface area (Å²) in [6.45, 7) is 1.39. The number of rotatable bonds is 5. The number of carboxylic acid groups (broad SMARTS) is 1. The number of Topliss-reactive ketones (excluding diaryl/α,β-unsaturated/α-hetero) is 1. The molecule has 0 amide bonds. The summed E-state index contributed by atoms with van der Waals surface area (Å²) in [6.07, 6.45) is 1.93. The molecule has 6 nitrogen and oxygen atoms in total. The highest BCUT2D eigenvalue weighted by molar-refractivity contribution is 7.89. The Labute approximate surface area is 123 Å². The predicted octanol–water partition coefficient (Wildman–Crippen LogP) is 1.56. The van der Waals surface area contributed by atoms with Gasteiger partial charge < -0.3 is 5.11 Å². The minimum absolute atomic E-state index is 0.0416. The minimum atomic E-state index is -3.93. The number of ketones is 1. The van der Waals surface area contributed by atoms with Crippen molar-refractivity contribution in [1.29, 1.82) is 0 Å². The summed E-state index contributed by atoms with van der Waals surface area (Å²) in [5.41, 5.74) is -1.01. The smallest absolute Gasteiger partial charge is 0.324 e. The number of hydrogen-bond donors (Lipinski definition) is 2. The third-order valence-corrected chi connectivity index (χ3v) is 5.32. The van der Waals surface area contributed by atoms with Gasteiger partial charge in [0.05, 0.1) is 4.90 Å². The summed E-state index contributed by atoms with van der Waals surface area (Å²) >= 11 is 0. The van der Waals surface area contributed by atoms with E-state index in [1.807, 2.05) is 0 Å². The quantitative estimate of drug-likeness (QED) is 0.804. The van der Waals surface area contributed by atoms with E-state index in [1.54, 1.807) is 0 Å². The highest BCUT2D eigenvalue weighted by Crippen LogP contribution is 2.31. The van der Waals surface area contributed by atoms with Gasteiger partial charge in [-0.2, -0.15) is 4.72 Å². The van der Waals surface area contributed by atoms with Crippen molar-refractivity contribution in [2.24, 2.45) is 0 Å². The maximum Gasteiger partial charge on any atom is 0.324 e. The second kappa shape index (κ2) is 5.57. The van der Waals surface area contributed by atoms with Crippen LogP contribution in [0.5, 0.6) is 0 Å². The average Bonchev–Trinajstić information content (AvgIpc) is 2.88. The number of carbonyl (C=O) groups is 2. The first kappa shape index (κ1) is 15.7. The Bertz CT molecular complexity index is 657. The van der Waals surface area contributed by atoms with Crippen LogP contribution in [-0.2, 0) is 14.8 Å². The molecule has 1 saturated carbocycles. The lowest BCUT2D eigenvalue weighted by Crippen LogP contribution is -2.52. The third kappa shape index (κ3) is 3.14. The van der Waals surface area contributed by atoms with Gasteiger partial charge in [-0.05, 0) is 31.9 Å². The molecule has 1 aromatic rings. The average molecular weight is 311 g/mol. The zero-order chi connectivity index (χ0) is 15.7. The first-order valence-electron chi connectivity index (χ1n) is 6.65. The lowest BCUT2D eigenvalue weighted by atomic mass is 10.0. The molecular formula is C14H17NO5S. The second-order valence-corrected chi connectivity index (χ2v) is 6.96. The molecular weight excluding hydrogens is 294 g/mol. The van der Waals surface area contributed by atoms with Gasteiger partial charge in [-0.1, -0.05) is 25.0 Å². The molecule has 0 radical (unpaired) electrons. The van der Waals surface area contributed by atoms with Gasteiger partial charge in [0, 0.05) is 5.56 Å². The number of hydrogen-bond acceptors (Lipinski definition) is 4. The molecule has 21 heavy (non-hydrogen) atoms. The predicted molar refractivity (Wildman–Crippen MR) is 75.6 cm³/mol. The van der Waals surface area contributed by atoms with Crippen LogP contribution in [-0.4, -0.2) is 30.8 Å². The van der Waals surface area contributed by atoms with Crippen LogP contribution >= 0.6 is 0 Å². The molecule has 2 rings (SSSR count). The lowest BCUT2D eigenvalue weighted by Gasteiger charge is -2.25. The highest BCUT2D eigenvalue weighted by Gasteiger charge is 2.44. The fourth-order valence-corrected chi connectivity index (χ4v) is 3.94. The van der Waals surface area contributed by atoms with Gasteiger partial charge in [0.25, 0.3) is 0 Å². The number of benzene rings is 1. The molecule has 0 spiro atoms. The first-order valence-corrected chi connectivity index (χ1v) is 8.14. The van der Waals surface area contributed by atoms with Gasteiger partial charge in [0.15, 0.2) is 5.78 Å². The van der Waals surface area contributed by atoms with Gasteiger partial charge in [-0.25, -0.2) is 8.42 Å². The molecule has 1 aliphatic carbocycles. The topological polar surface area (TPSA) is 101 Å². The summed E-state index contributed by atoms with van der Waals surface area (Å²) in [6, 6.07) is 5.45. The van der Waals surface area contributed by atoms with Crippen LogP contribution < -0.4 is 4.72 Å². The zero-order valence-corrected chi connectivity index (χ0v) is 12.4. The van der Waals surface area contributed by atoms with Gasteiger partial charge in [-0.15, -0.1) is 0 Å². The third-order valence-electron chi connectivity index (χ3n) is 3.77. The van der Waals surface area contributed by atoms with Crippen LogP contribution in [0.3, 0.4) is 0 Å². The van der Waals surface area contributed by atoms with Crippen LogP contribution in [0, 0.1) is 0 Å². The second-order valence-electron chi connectivity index (χ2n) is 5.28. The van der Waals surface area contributed by atoms with Crippen LogP contribution in [0.25, 0.3) is 0 Å². The van der Waals surface area contributed by atoms with Crippen molar-refractivity contribution in [3.05, 3.63) is 29.8 Å². The number of aliphatic carboxylic acids is 1. The standard InChI is InChI=1S/C14H17NO5S/c1-10(16)11-4-6-12(7-5-11)21(19,20)15-14(13(17)18)8-2-3-9-14/h4-7,15H,2-3,8-9H2,1H3,(H,17,18). The number of carbonyl (C=O) groups excluding carboxylic acids is 1. The maximum atomic E-state index is 12.3. The Balaban J connectivity index is 2.29. The van der Waals surface area contributed by atoms with Crippen molar-refractivity contribution in [1.82, 2.24) is 4.72 Å². The Morgan fingerprint density at radius 1 is 1.14 bits per heavy atom. The fourth-order valence-electron chi connectivity index (χ4n) is 2.52. The van der Waals surface area contributed by atoms with Crippen molar-refractivity contribution in [3.63, 3.8) is 0 Å². The Morgan fingerprint density at radius 3 is 2.10 bits per heavy atom. The Morgan fingerprint density at radius 2 is 1.67 bits per heavy atom. The molecule has 0 saturated heterocycles. The molecule has 114 valence electrons. The van der Waals surface area contributed by atoms with Gasteiger partial charge >= 0.3 is 5.97 Å². The van der Waals surface area contributed by atoms with Crippen LogP contribution in [0.4, 0.5) is 0 Å². The molecule has 1 aliphatic rings. The molecule has 1 aromatic carbocycles. The van der Waals surface area contributed by atoms with E-state index in [4.69, 9.17) is 0 Å². The first-order chi connectivity index (χ1) is 9.77. The van der Waals surface area contributed by atoms with E-state index in [9.17, 15) is 23.1 Å². The van der Waals surface area contributed by atoms with E-state index in [0.29, 0.717) is 18.4 Å². The lowest BCUT2D eigenvalue weighted by molar-refractivity contribution is -0.143. The number of nitrogens with one attached hydrogen (secondary N) is 1. The zero-order valence-electron chi connectivity index (χ0n) is 11.6. The Hall–Kier alpha value is -1.73. The van der Waals surface area contributed by atoms with Gasteiger partial charge in [0.2, 0.25) is 10.0 Å². The van der Waals surface area contributed by atoms with E-state index < -0.39 is 21.5 Å². The summed E-state index contributed by atoms with van der Waals surface area (Å²) in [5.74, 6) is -1.31.